The van der Waals surface area contributed by atoms with Gasteiger partial charge in [-0.25, -0.2) is 14.4 Å². The van der Waals surface area contributed by atoms with Crippen molar-refractivity contribution in [3.8, 4) is 17.0 Å². The van der Waals surface area contributed by atoms with Gasteiger partial charge in [-0.2, -0.15) is 0 Å². The number of hydrogen-bond acceptors (Lipinski definition) is 5. The van der Waals surface area contributed by atoms with Crippen molar-refractivity contribution in [3.63, 3.8) is 0 Å². The molecule has 0 aliphatic heterocycles. The van der Waals surface area contributed by atoms with Crippen LogP contribution in [0.4, 0.5) is 16.0 Å². The molecule has 174 valence electrons. The summed E-state index contributed by atoms with van der Waals surface area (Å²) in [5, 5.41) is 12.7. The van der Waals surface area contributed by atoms with Crippen molar-refractivity contribution in [2.75, 3.05) is 5.32 Å². The second-order valence-corrected chi connectivity index (χ2v) is 8.12. The Morgan fingerprint density at radius 3 is 2.50 bits per heavy atom. The lowest BCUT2D eigenvalue weighted by molar-refractivity contribution is 0.0690. The lowest BCUT2D eigenvalue weighted by Gasteiger charge is -2.27. The summed E-state index contributed by atoms with van der Waals surface area (Å²) in [6, 6.07) is 22.3. The molecule has 7 heteroatoms. The van der Waals surface area contributed by atoms with Gasteiger partial charge in [-0.05, 0) is 43.7 Å². The van der Waals surface area contributed by atoms with Gasteiger partial charge in [0.05, 0.1) is 11.3 Å². The number of phenolic OH excluding ortho intramolecular Hbond substituents is 1. The molecule has 0 saturated heterocycles. The monoisotopic (exact) mass is 458 g/mol. The van der Waals surface area contributed by atoms with Crippen molar-refractivity contribution in [1.29, 1.82) is 0 Å². The van der Waals surface area contributed by atoms with Crippen LogP contribution in [0.2, 0.25) is 0 Å². The van der Waals surface area contributed by atoms with Gasteiger partial charge in [0.25, 0.3) is 5.91 Å². The van der Waals surface area contributed by atoms with Crippen molar-refractivity contribution in [2.24, 2.45) is 0 Å². The van der Waals surface area contributed by atoms with Gasteiger partial charge in [0, 0.05) is 37.5 Å². The molecule has 0 radical (unpaired) electrons. The van der Waals surface area contributed by atoms with Crippen LogP contribution in [0.5, 0.6) is 5.75 Å². The Morgan fingerprint density at radius 1 is 1.06 bits per heavy atom. The number of carbonyl (C=O) groups excluding carboxylic acids is 1. The lowest BCUT2D eigenvalue weighted by Crippen LogP contribution is -2.37. The fraction of sp³-hybridized carbons (Fsp3) is 0.148. The van der Waals surface area contributed by atoms with Crippen LogP contribution >= 0.6 is 0 Å². The van der Waals surface area contributed by atoms with Crippen LogP contribution in [0, 0.1) is 5.82 Å². The summed E-state index contributed by atoms with van der Waals surface area (Å²) in [5.74, 6) is -0.516. The summed E-state index contributed by atoms with van der Waals surface area (Å²) in [6.45, 7) is 4.27. The maximum Gasteiger partial charge on any atom is 0.258 e. The number of anilines is 2. The maximum atomic E-state index is 14.8. The molecule has 4 aromatic rings. The van der Waals surface area contributed by atoms with Crippen molar-refractivity contribution in [1.82, 2.24) is 14.9 Å². The van der Waals surface area contributed by atoms with E-state index in [0.29, 0.717) is 12.2 Å². The highest BCUT2D eigenvalue weighted by Gasteiger charge is 2.25. The zero-order valence-electron chi connectivity index (χ0n) is 18.9. The molecule has 0 unspecified atom stereocenters. The minimum atomic E-state index is -0.488. The van der Waals surface area contributed by atoms with Gasteiger partial charge in [0.15, 0.2) is 0 Å². The number of aromatic hydroxyl groups is 1. The maximum absolute atomic E-state index is 14.8. The van der Waals surface area contributed by atoms with Gasteiger partial charge >= 0.3 is 0 Å². The van der Waals surface area contributed by atoms with E-state index < -0.39 is 5.82 Å². The topological polar surface area (TPSA) is 78.4 Å². The third kappa shape index (κ3) is 5.20. The summed E-state index contributed by atoms with van der Waals surface area (Å²) >= 11 is 0. The van der Waals surface area contributed by atoms with Crippen molar-refractivity contribution >= 4 is 17.5 Å². The summed E-state index contributed by atoms with van der Waals surface area (Å²) in [4.78, 5) is 24.2. The van der Waals surface area contributed by atoms with E-state index in [4.69, 9.17) is 0 Å². The molecule has 0 aliphatic rings. The molecule has 34 heavy (non-hydrogen) atoms. The fourth-order valence-corrected chi connectivity index (χ4v) is 3.59. The van der Waals surface area contributed by atoms with Crippen molar-refractivity contribution in [3.05, 3.63) is 102 Å². The number of nitrogens with zero attached hydrogens (tertiary/aromatic N) is 3. The molecule has 0 atom stereocenters. The number of halogens is 1. The first kappa shape index (κ1) is 22.9. The number of amides is 1. The molecule has 1 heterocycles. The van der Waals surface area contributed by atoms with Crippen LogP contribution in [0.1, 0.15) is 31.2 Å². The Hall–Kier alpha value is -4.26. The van der Waals surface area contributed by atoms with Crippen LogP contribution in [0.15, 0.2) is 85.1 Å². The van der Waals surface area contributed by atoms with Crippen LogP contribution < -0.4 is 5.32 Å². The Morgan fingerprint density at radius 2 is 1.79 bits per heavy atom. The third-order valence-electron chi connectivity index (χ3n) is 5.33. The molecule has 1 aromatic heterocycles. The number of rotatable bonds is 7. The predicted molar refractivity (Wildman–Crippen MR) is 132 cm³/mol. The molecule has 0 fully saturated rings. The van der Waals surface area contributed by atoms with Crippen molar-refractivity contribution < 1.29 is 15.7 Å². The number of nitrogens with one attached hydrogen (secondary N) is 1. The molecule has 0 aliphatic carbocycles. The quantitative estimate of drug-likeness (QED) is 0.354. The second kappa shape index (κ2) is 10.1. The zero-order chi connectivity index (χ0) is 24.1. The van der Waals surface area contributed by atoms with Gasteiger partial charge in [0.2, 0.25) is 5.95 Å². The minimum absolute atomic E-state index is 0. The molecule has 0 saturated carbocycles. The summed E-state index contributed by atoms with van der Waals surface area (Å²) in [5.41, 5.74) is 2.15. The van der Waals surface area contributed by atoms with Gasteiger partial charge in [0.1, 0.15) is 11.6 Å². The first-order chi connectivity index (χ1) is 16.4. The Balaban J connectivity index is 0.00000342. The van der Waals surface area contributed by atoms with E-state index in [0.717, 1.165) is 5.56 Å². The summed E-state index contributed by atoms with van der Waals surface area (Å²) in [7, 11) is 0. The Labute approximate surface area is 199 Å². The Kier molecular flexibility index (Phi) is 6.82. The molecular weight excluding hydrogens is 431 g/mol. The van der Waals surface area contributed by atoms with Crippen LogP contribution in [0.25, 0.3) is 11.3 Å². The van der Waals surface area contributed by atoms with Gasteiger partial charge in [-0.15, -0.1) is 0 Å². The molecule has 0 bridgehead atoms. The zero-order valence-corrected chi connectivity index (χ0v) is 18.9. The number of phenols is 1. The van der Waals surface area contributed by atoms with E-state index in [2.05, 4.69) is 15.3 Å². The molecule has 6 nitrogen and oxygen atoms in total. The summed E-state index contributed by atoms with van der Waals surface area (Å²) < 4.78 is 14.8. The normalized spacial score (nSPS) is 10.8. The highest BCUT2D eigenvalue weighted by Crippen LogP contribution is 2.28. The highest BCUT2D eigenvalue weighted by atomic mass is 19.1. The second-order valence-electron chi connectivity index (χ2n) is 8.12. The Bertz CT molecular complexity index is 1300. The smallest absolute Gasteiger partial charge is 0.258 e. The lowest BCUT2D eigenvalue weighted by atomic mass is 10.0. The molecule has 1 amide bonds. The van der Waals surface area contributed by atoms with E-state index in [9.17, 15) is 14.3 Å². The van der Waals surface area contributed by atoms with Gasteiger partial charge in [-0.1, -0.05) is 48.5 Å². The van der Waals surface area contributed by atoms with Crippen LogP contribution in [0.3, 0.4) is 0 Å². The van der Waals surface area contributed by atoms with Gasteiger partial charge < -0.3 is 15.3 Å². The van der Waals surface area contributed by atoms with Gasteiger partial charge in [-0.3, -0.25) is 4.79 Å². The molecule has 0 spiro atoms. The molecule has 4 rings (SSSR count). The SMILES string of the molecule is CC(C)N(Cc1ccccc1)C(=O)c1cnc(Nc2cccc(O)c2)nc1-c1ccccc1F.[HH]. The molecule has 3 aromatic carbocycles. The van der Waals surface area contributed by atoms with E-state index in [-0.39, 0.29) is 41.9 Å². The number of aromatic nitrogens is 2. The first-order valence-corrected chi connectivity index (χ1v) is 11.0. The molecule has 2 N–H and O–H groups in total. The van der Waals surface area contributed by atoms with E-state index >= 15 is 0 Å². The van der Waals surface area contributed by atoms with E-state index in [1.165, 1.54) is 18.3 Å². The standard InChI is InChI=1S/C27H25FN4O2.H2/c1-18(2)32(17-19-9-4-3-5-10-19)26(34)23-16-29-27(30-20-11-8-12-21(33)15-20)31-25(23)22-13-6-7-14-24(22)28;/h3-16,18,33H,17H2,1-2H3,(H,29,30,31);1H. The minimum Gasteiger partial charge on any atom is -0.508 e. The fourth-order valence-electron chi connectivity index (χ4n) is 3.59. The number of benzene rings is 3. The number of carbonyl (C=O) groups is 1. The summed E-state index contributed by atoms with van der Waals surface area (Å²) in [6.07, 6.45) is 1.42. The predicted octanol–water partition coefficient (Wildman–Crippen LogP) is 6.03. The highest BCUT2D eigenvalue weighted by molar-refractivity contribution is 6.00. The van der Waals surface area contributed by atoms with Crippen LogP contribution in [-0.4, -0.2) is 31.9 Å². The largest absolute Gasteiger partial charge is 0.508 e. The van der Waals surface area contributed by atoms with Crippen molar-refractivity contribution in [2.45, 2.75) is 26.4 Å². The first-order valence-electron chi connectivity index (χ1n) is 11.0. The van der Waals surface area contributed by atoms with Crippen LogP contribution in [-0.2, 0) is 6.54 Å². The number of hydrogen-bond donors (Lipinski definition) is 2. The average Bonchev–Trinajstić information content (AvgIpc) is 2.83. The average molecular weight is 459 g/mol. The van der Waals surface area contributed by atoms with E-state index in [1.807, 2.05) is 44.2 Å². The third-order valence-corrected chi connectivity index (χ3v) is 5.33. The van der Waals surface area contributed by atoms with E-state index in [1.54, 1.807) is 41.3 Å². The molecular formula is C27H27FN4O2.